The van der Waals surface area contributed by atoms with Crippen LogP contribution in [0, 0.1) is 6.92 Å². The summed E-state index contributed by atoms with van der Waals surface area (Å²) in [4.78, 5) is 4.60. The summed E-state index contributed by atoms with van der Waals surface area (Å²) in [6.45, 7) is 7.63. The van der Waals surface area contributed by atoms with Crippen molar-refractivity contribution in [3.8, 4) is 0 Å². The van der Waals surface area contributed by atoms with Crippen LogP contribution in [0.25, 0.3) is 0 Å². The number of unbranched alkanes of at least 4 members (excludes halogenated alkanes) is 2. The summed E-state index contributed by atoms with van der Waals surface area (Å²) in [7, 11) is 0. The van der Waals surface area contributed by atoms with Crippen molar-refractivity contribution in [1.29, 1.82) is 0 Å². The van der Waals surface area contributed by atoms with E-state index in [1.54, 1.807) is 11.3 Å². The van der Waals surface area contributed by atoms with Crippen LogP contribution in [0.4, 0.5) is 0 Å². The van der Waals surface area contributed by atoms with Gasteiger partial charge in [-0.2, -0.15) is 0 Å². The fraction of sp³-hybridized carbons (Fsp3) is 0.769. The maximum Gasteiger partial charge on any atom is 0.110 e. The van der Waals surface area contributed by atoms with Gasteiger partial charge in [-0.25, -0.2) is 4.98 Å². The van der Waals surface area contributed by atoms with E-state index in [1.807, 2.05) is 0 Å². The van der Waals surface area contributed by atoms with Crippen LogP contribution in [0.15, 0.2) is 5.38 Å². The maximum absolute atomic E-state index is 4.60. The van der Waals surface area contributed by atoms with E-state index in [0.29, 0.717) is 6.04 Å². The Morgan fingerprint density at radius 1 is 1.31 bits per heavy atom. The summed E-state index contributed by atoms with van der Waals surface area (Å²) in [5.74, 6) is 0. The third kappa shape index (κ3) is 4.62. The average molecular weight is 240 g/mol. The van der Waals surface area contributed by atoms with E-state index >= 15 is 0 Å². The summed E-state index contributed by atoms with van der Waals surface area (Å²) in [5, 5.41) is 7.02. The summed E-state index contributed by atoms with van der Waals surface area (Å²) in [6, 6.07) is 0.477. The standard InChI is InChI=1S/C13H24N2S/c1-4-6-7-8-12(14-9-5-2)13-15-11(3)10-16-13/h10,12,14H,4-9H2,1-3H3. The lowest BCUT2D eigenvalue weighted by atomic mass is 10.1. The van der Waals surface area contributed by atoms with Crippen LogP contribution in [-0.4, -0.2) is 11.5 Å². The van der Waals surface area contributed by atoms with Gasteiger partial charge in [-0.3, -0.25) is 0 Å². The molecule has 92 valence electrons. The van der Waals surface area contributed by atoms with Crippen LogP contribution >= 0.6 is 11.3 Å². The van der Waals surface area contributed by atoms with Gasteiger partial charge in [0.15, 0.2) is 0 Å². The van der Waals surface area contributed by atoms with Crippen LogP contribution in [-0.2, 0) is 0 Å². The second-order valence-electron chi connectivity index (χ2n) is 4.33. The number of thiazole rings is 1. The number of aryl methyl sites for hydroxylation is 1. The fourth-order valence-electron chi connectivity index (χ4n) is 1.76. The minimum atomic E-state index is 0.477. The van der Waals surface area contributed by atoms with Crippen LogP contribution in [0.1, 0.15) is 62.7 Å². The molecular weight excluding hydrogens is 216 g/mol. The molecule has 2 nitrogen and oxygen atoms in total. The number of rotatable bonds is 8. The molecule has 1 aromatic rings. The molecule has 0 saturated carbocycles. The lowest BCUT2D eigenvalue weighted by Crippen LogP contribution is -2.22. The molecule has 3 heteroatoms. The van der Waals surface area contributed by atoms with Crippen molar-refractivity contribution in [2.75, 3.05) is 6.54 Å². The molecule has 1 N–H and O–H groups in total. The van der Waals surface area contributed by atoms with Gasteiger partial charge in [0.2, 0.25) is 0 Å². The van der Waals surface area contributed by atoms with Crippen molar-refractivity contribution in [3.63, 3.8) is 0 Å². The SMILES string of the molecule is CCCCCC(NCCC)c1nc(C)cs1. The molecule has 0 aromatic carbocycles. The molecule has 1 heterocycles. The normalized spacial score (nSPS) is 12.9. The number of aromatic nitrogens is 1. The van der Waals surface area contributed by atoms with Gasteiger partial charge >= 0.3 is 0 Å². The zero-order valence-corrected chi connectivity index (χ0v) is 11.6. The molecule has 1 aromatic heterocycles. The Kier molecular flexibility index (Phi) is 6.65. The predicted octanol–water partition coefficient (Wildman–Crippen LogP) is 4.07. The second-order valence-corrected chi connectivity index (χ2v) is 5.22. The Morgan fingerprint density at radius 2 is 2.12 bits per heavy atom. The molecule has 0 fully saturated rings. The zero-order chi connectivity index (χ0) is 11.8. The lowest BCUT2D eigenvalue weighted by Gasteiger charge is -2.15. The predicted molar refractivity (Wildman–Crippen MR) is 72.0 cm³/mol. The highest BCUT2D eigenvalue weighted by atomic mass is 32.1. The molecule has 0 aliphatic carbocycles. The Balaban J connectivity index is 2.49. The number of nitrogens with one attached hydrogen (secondary N) is 1. The van der Waals surface area contributed by atoms with Crippen LogP contribution in [0.3, 0.4) is 0 Å². The first kappa shape index (κ1) is 13.7. The van der Waals surface area contributed by atoms with Crippen molar-refractivity contribution >= 4 is 11.3 Å². The van der Waals surface area contributed by atoms with E-state index in [1.165, 1.54) is 37.1 Å². The fourth-order valence-corrected chi connectivity index (χ4v) is 2.67. The van der Waals surface area contributed by atoms with Crippen LogP contribution in [0.5, 0.6) is 0 Å². The van der Waals surface area contributed by atoms with E-state index < -0.39 is 0 Å². The van der Waals surface area contributed by atoms with Gasteiger partial charge in [-0.05, 0) is 26.3 Å². The molecule has 1 rings (SSSR count). The van der Waals surface area contributed by atoms with Gasteiger partial charge in [-0.1, -0.05) is 33.1 Å². The minimum Gasteiger partial charge on any atom is -0.308 e. The largest absolute Gasteiger partial charge is 0.308 e. The number of hydrogen-bond acceptors (Lipinski definition) is 3. The summed E-state index contributed by atoms with van der Waals surface area (Å²) in [5.41, 5.74) is 1.15. The Morgan fingerprint density at radius 3 is 2.69 bits per heavy atom. The summed E-state index contributed by atoms with van der Waals surface area (Å²) >= 11 is 1.79. The van der Waals surface area contributed by atoms with E-state index in [2.05, 4.69) is 36.5 Å². The average Bonchev–Trinajstić information content (AvgIpc) is 2.70. The van der Waals surface area contributed by atoms with Gasteiger partial charge in [0.05, 0.1) is 6.04 Å². The first-order valence-electron chi connectivity index (χ1n) is 6.43. The van der Waals surface area contributed by atoms with Crippen molar-refractivity contribution in [2.24, 2.45) is 0 Å². The van der Waals surface area contributed by atoms with Gasteiger partial charge in [-0.15, -0.1) is 11.3 Å². The van der Waals surface area contributed by atoms with Crippen molar-refractivity contribution in [1.82, 2.24) is 10.3 Å². The first-order valence-corrected chi connectivity index (χ1v) is 7.31. The van der Waals surface area contributed by atoms with E-state index in [4.69, 9.17) is 0 Å². The molecule has 1 atom stereocenters. The number of nitrogens with zero attached hydrogens (tertiary/aromatic N) is 1. The Hall–Kier alpha value is -0.410. The molecule has 16 heavy (non-hydrogen) atoms. The maximum atomic E-state index is 4.60. The van der Waals surface area contributed by atoms with Crippen LogP contribution < -0.4 is 5.32 Å². The Labute approximate surface area is 103 Å². The topological polar surface area (TPSA) is 24.9 Å². The molecule has 0 bridgehead atoms. The van der Waals surface area contributed by atoms with Crippen molar-refractivity contribution in [3.05, 3.63) is 16.1 Å². The van der Waals surface area contributed by atoms with Gasteiger partial charge in [0.25, 0.3) is 0 Å². The van der Waals surface area contributed by atoms with Gasteiger partial charge < -0.3 is 5.32 Å². The highest BCUT2D eigenvalue weighted by Crippen LogP contribution is 2.23. The molecule has 0 spiro atoms. The third-order valence-electron chi connectivity index (χ3n) is 2.67. The van der Waals surface area contributed by atoms with Crippen molar-refractivity contribution < 1.29 is 0 Å². The highest BCUT2D eigenvalue weighted by molar-refractivity contribution is 7.09. The third-order valence-corrected chi connectivity index (χ3v) is 3.75. The smallest absolute Gasteiger partial charge is 0.110 e. The molecule has 0 aliphatic rings. The van der Waals surface area contributed by atoms with Crippen molar-refractivity contribution in [2.45, 2.75) is 58.9 Å². The molecule has 0 radical (unpaired) electrons. The molecule has 1 unspecified atom stereocenters. The highest BCUT2D eigenvalue weighted by Gasteiger charge is 2.13. The lowest BCUT2D eigenvalue weighted by molar-refractivity contribution is 0.472. The second kappa shape index (κ2) is 7.80. The monoisotopic (exact) mass is 240 g/mol. The van der Waals surface area contributed by atoms with E-state index in [-0.39, 0.29) is 0 Å². The molecular formula is C13H24N2S. The molecule has 0 aliphatic heterocycles. The zero-order valence-electron chi connectivity index (χ0n) is 10.8. The number of hydrogen-bond donors (Lipinski definition) is 1. The van der Waals surface area contributed by atoms with E-state index in [0.717, 1.165) is 12.2 Å². The van der Waals surface area contributed by atoms with Gasteiger partial charge in [0.1, 0.15) is 5.01 Å². The summed E-state index contributed by atoms with van der Waals surface area (Å²) < 4.78 is 0. The van der Waals surface area contributed by atoms with Crippen LogP contribution in [0.2, 0.25) is 0 Å². The quantitative estimate of drug-likeness (QED) is 0.693. The Bertz CT molecular complexity index is 283. The molecule has 0 amide bonds. The summed E-state index contributed by atoms with van der Waals surface area (Å²) in [6.07, 6.45) is 6.33. The molecule has 0 saturated heterocycles. The minimum absolute atomic E-state index is 0.477. The first-order chi connectivity index (χ1) is 7.77. The van der Waals surface area contributed by atoms with E-state index in [9.17, 15) is 0 Å². The van der Waals surface area contributed by atoms with Gasteiger partial charge in [0, 0.05) is 11.1 Å².